The molecule has 0 saturated carbocycles. The van der Waals surface area contributed by atoms with Crippen LogP contribution in [-0.2, 0) is 4.79 Å². The Bertz CT molecular complexity index is 1320. The van der Waals surface area contributed by atoms with Crippen LogP contribution in [0, 0.1) is 0 Å². The average molecular weight is 468 g/mol. The third-order valence-electron chi connectivity index (χ3n) is 4.52. The number of halogens is 1. The van der Waals surface area contributed by atoms with E-state index in [2.05, 4.69) is 10.3 Å². The van der Waals surface area contributed by atoms with Gasteiger partial charge in [0.05, 0.1) is 28.0 Å². The second-order valence-electron chi connectivity index (χ2n) is 6.57. The molecular weight excluding hydrogens is 450 g/mol. The molecule has 4 aromatic rings. The lowest BCUT2D eigenvalue weighted by Crippen LogP contribution is -2.23. The molecule has 3 aromatic carbocycles. The molecule has 0 saturated heterocycles. The number of anilines is 1. The number of nitrogens with zero attached hydrogens (tertiary/aromatic N) is 2. The number of fused-ring (bicyclic) bond motifs is 1. The Hall–Kier alpha value is -2.74. The fourth-order valence-electron chi connectivity index (χ4n) is 3.12. The molecular formula is C23H18ClN3O2S2. The molecule has 1 aromatic heterocycles. The number of benzene rings is 3. The minimum Gasteiger partial charge on any atom is -0.324 e. The number of para-hydroxylation sites is 2. The number of aromatic nitrogens is 2. The highest BCUT2D eigenvalue weighted by atomic mass is 35.5. The van der Waals surface area contributed by atoms with E-state index in [-0.39, 0.29) is 17.2 Å². The Morgan fingerprint density at radius 1 is 1.06 bits per heavy atom. The zero-order valence-electron chi connectivity index (χ0n) is 16.5. The maximum absolute atomic E-state index is 13.2. The predicted octanol–water partition coefficient (Wildman–Crippen LogP) is 5.49. The van der Waals surface area contributed by atoms with Gasteiger partial charge in [-0.15, -0.1) is 11.8 Å². The minimum atomic E-state index is -0.205. The molecule has 31 heavy (non-hydrogen) atoms. The first-order chi connectivity index (χ1) is 15.1. The molecule has 1 heterocycles. The van der Waals surface area contributed by atoms with Crippen LogP contribution < -0.4 is 10.9 Å². The van der Waals surface area contributed by atoms with Crippen LogP contribution in [0.5, 0.6) is 0 Å². The van der Waals surface area contributed by atoms with Gasteiger partial charge in [0.2, 0.25) is 5.91 Å². The Labute approximate surface area is 192 Å². The number of nitrogens with one attached hydrogen (secondary N) is 1. The summed E-state index contributed by atoms with van der Waals surface area (Å²) in [5.41, 5.74) is 1.75. The summed E-state index contributed by atoms with van der Waals surface area (Å²) in [4.78, 5) is 31.5. The summed E-state index contributed by atoms with van der Waals surface area (Å²) in [6.45, 7) is 0. The van der Waals surface area contributed by atoms with Crippen LogP contribution in [0.15, 0.2) is 87.6 Å². The molecule has 0 bridgehead atoms. The summed E-state index contributed by atoms with van der Waals surface area (Å²) >= 11 is 8.93. The monoisotopic (exact) mass is 467 g/mol. The quantitative estimate of drug-likeness (QED) is 0.300. The average Bonchev–Trinajstić information content (AvgIpc) is 2.78. The van der Waals surface area contributed by atoms with Gasteiger partial charge in [0.15, 0.2) is 5.16 Å². The molecule has 4 rings (SSSR count). The standard InChI is InChI=1S/C23H18ClN3O2S2/c1-30-20-12-5-4-11-19(20)25-21(28)14-31-23-26-18-10-3-2-9-17(18)22(29)27(23)16-8-6-7-15(24)13-16/h2-13H,14H2,1H3,(H,25,28). The molecule has 5 nitrogen and oxygen atoms in total. The van der Waals surface area contributed by atoms with Crippen molar-refractivity contribution in [1.29, 1.82) is 0 Å². The first-order valence-corrected chi connectivity index (χ1v) is 12.0. The van der Waals surface area contributed by atoms with Crippen molar-refractivity contribution in [3.8, 4) is 5.69 Å². The van der Waals surface area contributed by atoms with Crippen molar-refractivity contribution in [2.24, 2.45) is 0 Å². The molecule has 0 atom stereocenters. The molecule has 0 aliphatic heterocycles. The summed E-state index contributed by atoms with van der Waals surface area (Å²) < 4.78 is 1.50. The van der Waals surface area contributed by atoms with Gasteiger partial charge in [-0.3, -0.25) is 14.2 Å². The fraction of sp³-hybridized carbons (Fsp3) is 0.0870. The molecule has 0 fully saturated rings. The zero-order chi connectivity index (χ0) is 21.8. The summed E-state index contributed by atoms with van der Waals surface area (Å²) in [5, 5.41) is 4.38. The number of carbonyl (C=O) groups is 1. The van der Waals surface area contributed by atoms with E-state index < -0.39 is 0 Å². The summed E-state index contributed by atoms with van der Waals surface area (Å²) in [7, 11) is 0. The van der Waals surface area contributed by atoms with Gasteiger partial charge in [0, 0.05) is 9.92 Å². The maximum Gasteiger partial charge on any atom is 0.266 e. The van der Waals surface area contributed by atoms with E-state index in [1.54, 1.807) is 54.2 Å². The van der Waals surface area contributed by atoms with Crippen molar-refractivity contribution >= 4 is 57.6 Å². The highest BCUT2D eigenvalue weighted by Gasteiger charge is 2.15. The predicted molar refractivity (Wildman–Crippen MR) is 130 cm³/mol. The van der Waals surface area contributed by atoms with Crippen molar-refractivity contribution in [2.45, 2.75) is 10.1 Å². The van der Waals surface area contributed by atoms with Gasteiger partial charge < -0.3 is 5.32 Å². The second-order valence-corrected chi connectivity index (χ2v) is 8.80. The van der Waals surface area contributed by atoms with Gasteiger partial charge in [-0.1, -0.05) is 53.7 Å². The SMILES string of the molecule is CSc1ccccc1NC(=O)CSc1nc2ccccc2c(=O)n1-c1cccc(Cl)c1. The first-order valence-electron chi connectivity index (χ1n) is 9.40. The van der Waals surface area contributed by atoms with E-state index >= 15 is 0 Å². The topological polar surface area (TPSA) is 64.0 Å². The van der Waals surface area contributed by atoms with Gasteiger partial charge in [0.25, 0.3) is 5.56 Å². The van der Waals surface area contributed by atoms with Crippen LogP contribution >= 0.6 is 35.1 Å². The van der Waals surface area contributed by atoms with Gasteiger partial charge in [-0.25, -0.2) is 4.98 Å². The Morgan fingerprint density at radius 3 is 2.65 bits per heavy atom. The lowest BCUT2D eigenvalue weighted by Gasteiger charge is -2.14. The lowest BCUT2D eigenvalue weighted by atomic mass is 10.2. The second kappa shape index (κ2) is 9.60. The van der Waals surface area contributed by atoms with Crippen molar-refractivity contribution in [3.63, 3.8) is 0 Å². The lowest BCUT2D eigenvalue weighted by molar-refractivity contribution is -0.113. The maximum atomic E-state index is 13.2. The highest BCUT2D eigenvalue weighted by Crippen LogP contribution is 2.26. The summed E-state index contributed by atoms with van der Waals surface area (Å²) in [6, 6.07) is 21.8. The molecule has 0 spiro atoms. The van der Waals surface area contributed by atoms with Gasteiger partial charge in [0.1, 0.15) is 0 Å². The third-order valence-corrected chi connectivity index (χ3v) is 6.49. The van der Waals surface area contributed by atoms with E-state index in [1.807, 2.05) is 36.6 Å². The van der Waals surface area contributed by atoms with Crippen LogP contribution in [0.1, 0.15) is 0 Å². The van der Waals surface area contributed by atoms with Gasteiger partial charge >= 0.3 is 0 Å². The molecule has 0 radical (unpaired) electrons. The van der Waals surface area contributed by atoms with E-state index in [0.29, 0.717) is 26.8 Å². The Morgan fingerprint density at radius 2 is 1.84 bits per heavy atom. The fourth-order valence-corrected chi connectivity index (χ4v) is 4.67. The minimum absolute atomic E-state index is 0.105. The van der Waals surface area contributed by atoms with Crippen LogP contribution in [0.3, 0.4) is 0 Å². The number of thioether (sulfide) groups is 2. The van der Waals surface area contributed by atoms with E-state index in [1.165, 1.54) is 16.3 Å². The number of hydrogen-bond donors (Lipinski definition) is 1. The Balaban J connectivity index is 1.67. The van der Waals surface area contributed by atoms with Crippen LogP contribution in [-0.4, -0.2) is 27.5 Å². The molecule has 1 N–H and O–H groups in total. The molecule has 1 amide bonds. The van der Waals surface area contributed by atoms with E-state index in [9.17, 15) is 9.59 Å². The van der Waals surface area contributed by atoms with Crippen molar-refractivity contribution in [2.75, 3.05) is 17.3 Å². The Kier molecular flexibility index (Phi) is 6.65. The van der Waals surface area contributed by atoms with Crippen LogP contribution in [0.2, 0.25) is 5.02 Å². The molecule has 0 aliphatic rings. The number of amides is 1. The zero-order valence-corrected chi connectivity index (χ0v) is 18.9. The summed E-state index contributed by atoms with van der Waals surface area (Å²) in [5.74, 6) is -0.0693. The summed E-state index contributed by atoms with van der Waals surface area (Å²) in [6.07, 6.45) is 1.96. The molecule has 156 valence electrons. The molecule has 0 unspecified atom stereocenters. The van der Waals surface area contributed by atoms with Crippen LogP contribution in [0.25, 0.3) is 16.6 Å². The van der Waals surface area contributed by atoms with Gasteiger partial charge in [-0.2, -0.15) is 0 Å². The third kappa shape index (κ3) is 4.79. The van der Waals surface area contributed by atoms with Crippen molar-refractivity contribution < 1.29 is 4.79 Å². The van der Waals surface area contributed by atoms with Crippen LogP contribution in [0.4, 0.5) is 5.69 Å². The smallest absolute Gasteiger partial charge is 0.266 e. The molecule has 8 heteroatoms. The number of hydrogen-bond acceptors (Lipinski definition) is 5. The van der Waals surface area contributed by atoms with Gasteiger partial charge in [-0.05, 0) is 48.7 Å². The number of rotatable bonds is 6. The highest BCUT2D eigenvalue weighted by molar-refractivity contribution is 7.99. The van der Waals surface area contributed by atoms with Crippen molar-refractivity contribution in [1.82, 2.24) is 9.55 Å². The van der Waals surface area contributed by atoms with Crippen molar-refractivity contribution in [3.05, 3.63) is 88.2 Å². The number of carbonyl (C=O) groups excluding carboxylic acids is 1. The van der Waals surface area contributed by atoms with E-state index in [4.69, 9.17) is 11.6 Å². The van der Waals surface area contributed by atoms with E-state index in [0.717, 1.165) is 10.6 Å². The largest absolute Gasteiger partial charge is 0.324 e. The normalized spacial score (nSPS) is 10.9. The first kappa shape index (κ1) is 21.5. The molecule has 0 aliphatic carbocycles.